The molecule has 0 radical (unpaired) electrons. The lowest BCUT2D eigenvalue weighted by Gasteiger charge is -2.19. The molecule has 3 N–H and O–H groups in total. The van der Waals surface area contributed by atoms with Crippen LogP contribution in [-0.2, 0) is 32.7 Å². The standard InChI is InChI=1S/C38H72NO8P/c1-3-5-7-9-11-13-14-15-16-17-18-19-20-21-23-25-27-29-31-38(41)47-36(35-46-48(42,43)45-33-32-39)34-44-37(40)30-28-26-24-22-12-10-8-6-4-2/h13-14,16-17,36H,3-12,15,18-35,39H2,1-2H3,(H,42,43)/b14-13-,17-16-. The van der Waals surface area contributed by atoms with E-state index in [2.05, 4.69) is 38.2 Å². The van der Waals surface area contributed by atoms with Gasteiger partial charge in [0.15, 0.2) is 6.10 Å². The van der Waals surface area contributed by atoms with Gasteiger partial charge in [0, 0.05) is 19.4 Å². The lowest BCUT2D eigenvalue weighted by Crippen LogP contribution is -2.29. The van der Waals surface area contributed by atoms with Crippen molar-refractivity contribution in [2.75, 3.05) is 26.4 Å². The van der Waals surface area contributed by atoms with Crippen molar-refractivity contribution < 1.29 is 37.6 Å². The fraction of sp³-hybridized carbons (Fsp3) is 0.842. The average molecular weight is 702 g/mol. The summed E-state index contributed by atoms with van der Waals surface area (Å²) in [6.07, 6.45) is 35.0. The highest BCUT2D eigenvalue weighted by molar-refractivity contribution is 7.47. The molecule has 0 rings (SSSR count). The number of phosphoric acid groups is 1. The molecule has 0 spiro atoms. The van der Waals surface area contributed by atoms with Gasteiger partial charge in [0.2, 0.25) is 0 Å². The monoisotopic (exact) mass is 701 g/mol. The third-order valence-electron chi connectivity index (χ3n) is 8.09. The van der Waals surface area contributed by atoms with Crippen LogP contribution >= 0.6 is 7.82 Å². The Morgan fingerprint density at radius 2 is 1.08 bits per heavy atom. The van der Waals surface area contributed by atoms with Crippen molar-refractivity contribution >= 4 is 19.8 Å². The van der Waals surface area contributed by atoms with Crippen LogP contribution in [-0.4, -0.2) is 49.3 Å². The van der Waals surface area contributed by atoms with E-state index in [9.17, 15) is 19.0 Å². The average Bonchev–Trinajstić information content (AvgIpc) is 3.07. The first-order chi connectivity index (χ1) is 23.3. The van der Waals surface area contributed by atoms with Gasteiger partial charge < -0.3 is 20.1 Å². The van der Waals surface area contributed by atoms with Crippen LogP contribution in [0.5, 0.6) is 0 Å². The van der Waals surface area contributed by atoms with E-state index in [1.165, 1.54) is 89.9 Å². The Hall–Kier alpha value is -1.51. The number of ether oxygens (including phenoxy) is 2. The van der Waals surface area contributed by atoms with Crippen LogP contribution in [0.2, 0.25) is 0 Å². The fourth-order valence-electron chi connectivity index (χ4n) is 5.19. The van der Waals surface area contributed by atoms with Crippen molar-refractivity contribution in [2.45, 2.75) is 180 Å². The molecule has 0 aliphatic rings. The number of carbonyl (C=O) groups is 2. The van der Waals surface area contributed by atoms with E-state index in [1.54, 1.807) is 0 Å². The molecule has 9 nitrogen and oxygen atoms in total. The number of carbonyl (C=O) groups excluding carboxylic acids is 2. The predicted molar refractivity (Wildman–Crippen MR) is 197 cm³/mol. The Morgan fingerprint density at radius 1 is 0.625 bits per heavy atom. The number of phosphoric ester groups is 1. The Labute approximate surface area is 293 Å². The Morgan fingerprint density at radius 3 is 1.60 bits per heavy atom. The number of esters is 2. The molecule has 0 amide bonds. The van der Waals surface area contributed by atoms with Crippen molar-refractivity contribution in [1.82, 2.24) is 0 Å². The maximum atomic E-state index is 12.5. The van der Waals surface area contributed by atoms with Gasteiger partial charge in [-0.2, -0.15) is 0 Å². The Balaban J connectivity index is 4.18. The first kappa shape index (κ1) is 46.5. The highest BCUT2D eigenvalue weighted by atomic mass is 31.2. The molecular formula is C38H72NO8P. The zero-order valence-electron chi connectivity index (χ0n) is 30.7. The molecule has 282 valence electrons. The molecule has 0 fully saturated rings. The van der Waals surface area contributed by atoms with Gasteiger partial charge in [0.25, 0.3) is 0 Å². The third kappa shape index (κ3) is 34.4. The molecule has 0 aromatic rings. The SMILES string of the molecule is CCCCCC/C=C\C/C=C\CCCCCCCCCC(=O)OC(COC(=O)CCCCCCCCCCC)COP(=O)(O)OCCN. The van der Waals surface area contributed by atoms with Crippen LogP contribution in [0, 0.1) is 0 Å². The quantitative estimate of drug-likeness (QED) is 0.0283. The smallest absolute Gasteiger partial charge is 0.462 e. The third-order valence-corrected chi connectivity index (χ3v) is 9.07. The Kier molecular flexibility index (Phi) is 34.2. The van der Waals surface area contributed by atoms with E-state index < -0.39 is 26.5 Å². The van der Waals surface area contributed by atoms with E-state index in [-0.39, 0.29) is 38.6 Å². The van der Waals surface area contributed by atoms with Gasteiger partial charge in [-0.15, -0.1) is 0 Å². The second-order valence-electron chi connectivity index (χ2n) is 12.8. The number of rotatable bonds is 36. The second kappa shape index (κ2) is 35.3. The molecule has 2 unspecified atom stereocenters. The lowest BCUT2D eigenvalue weighted by atomic mass is 10.1. The summed E-state index contributed by atoms with van der Waals surface area (Å²) in [6, 6.07) is 0. The summed E-state index contributed by atoms with van der Waals surface area (Å²) in [5.74, 6) is -0.838. The van der Waals surface area contributed by atoms with Crippen LogP contribution in [0.15, 0.2) is 24.3 Å². The summed E-state index contributed by atoms with van der Waals surface area (Å²) in [4.78, 5) is 34.6. The number of nitrogens with two attached hydrogens (primary N) is 1. The molecule has 0 saturated heterocycles. The van der Waals surface area contributed by atoms with Gasteiger partial charge in [-0.05, 0) is 44.9 Å². The summed E-state index contributed by atoms with van der Waals surface area (Å²) >= 11 is 0. The van der Waals surface area contributed by atoms with Gasteiger partial charge in [0.05, 0.1) is 13.2 Å². The number of unbranched alkanes of at least 4 members (excludes halogenated alkanes) is 19. The van der Waals surface area contributed by atoms with E-state index in [4.69, 9.17) is 24.3 Å². The van der Waals surface area contributed by atoms with Crippen molar-refractivity contribution in [3.8, 4) is 0 Å². The molecular weight excluding hydrogens is 629 g/mol. The van der Waals surface area contributed by atoms with Gasteiger partial charge in [-0.25, -0.2) is 4.57 Å². The molecule has 2 atom stereocenters. The van der Waals surface area contributed by atoms with Crippen LogP contribution < -0.4 is 5.73 Å². The minimum absolute atomic E-state index is 0.0531. The summed E-state index contributed by atoms with van der Waals surface area (Å²) in [7, 11) is -4.37. The molecule has 0 saturated carbocycles. The summed E-state index contributed by atoms with van der Waals surface area (Å²) in [5.41, 5.74) is 5.32. The number of hydrogen-bond acceptors (Lipinski definition) is 8. The second-order valence-corrected chi connectivity index (χ2v) is 14.3. The Bertz CT molecular complexity index is 851. The van der Waals surface area contributed by atoms with Gasteiger partial charge >= 0.3 is 19.8 Å². The molecule has 0 heterocycles. The molecule has 0 aromatic heterocycles. The maximum Gasteiger partial charge on any atom is 0.472 e. The normalized spacial score (nSPS) is 13.7. The van der Waals surface area contributed by atoms with E-state index in [0.29, 0.717) is 6.42 Å². The molecule has 0 aliphatic heterocycles. The van der Waals surface area contributed by atoms with E-state index in [0.717, 1.165) is 51.4 Å². The number of allylic oxidation sites excluding steroid dienone is 4. The van der Waals surface area contributed by atoms with E-state index in [1.807, 2.05) is 0 Å². The fourth-order valence-corrected chi connectivity index (χ4v) is 5.96. The van der Waals surface area contributed by atoms with Crippen molar-refractivity contribution in [3.05, 3.63) is 24.3 Å². The van der Waals surface area contributed by atoms with Crippen LogP contribution in [0.3, 0.4) is 0 Å². The predicted octanol–water partition coefficient (Wildman–Crippen LogP) is 10.4. The van der Waals surface area contributed by atoms with E-state index >= 15 is 0 Å². The first-order valence-electron chi connectivity index (χ1n) is 19.3. The van der Waals surface area contributed by atoms with Gasteiger partial charge in [0.1, 0.15) is 6.61 Å². The van der Waals surface area contributed by atoms with Crippen LogP contribution in [0.1, 0.15) is 174 Å². The van der Waals surface area contributed by atoms with Gasteiger partial charge in [-0.1, -0.05) is 141 Å². The van der Waals surface area contributed by atoms with Crippen molar-refractivity contribution in [1.29, 1.82) is 0 Å². The zero-order chi connectivity index (χ0) is 35.4. The topological polar surface area (TPSA) is 134 Å². The minimum Gasteiger partial charge on any atom is -0.462 e. The molecule has 48 heavy (non-hydrogen) atoms. The summed E-state index contributed by atoms with van der Waals surface area (Å²) < 4.78 is 32.6. The molecule has 10 heteroatoms. The van der Waals surface area contributed by atoms with Crippen LogP contribution in [0.4, 0.5) is 0 Å². The first-order valence-corrected chi connectivity index (χ1v) is 20.8. The highest BCUT2D eigenvalue weighted by Crippen LogP contribution is 2.43. The lowest BCUT2D eigenvalue weighted by molar-refractivity contribution is -0.161. The minimum atomic E-state index is -4.37. The molecule has 0 aliphatic carbocycles. The summed E-state index contributed by atoms with van der Waals surface area (Å²) in [5, 5.41) is 0. The maximum absolute atomic E-state index is 12.5. The molecule has 0 bridgehead atoms. The number of hydrogen-bond donors (Lipinski definition) is 2. The van der Waals surface area contributed by atoms with Crippen molar-refractivity contribution in [2.24, 2.45) is 5.73 Å². The largest absolute Gasteiger partial charge is 0.472 e. The van der Waals surface area contributed by atoms with Crippen molar-refractivity contribution in [3.63, 3.8) is 0 Å². The highest BCUT2D eigenvalue weighted by Gasteiger charge is 2.25. The van der Waals surface area contributed by atoms with Gasteiger partial charge in [-0.3, -0.25) is 18.6 Å². The zero-order valence-corrected chi connectivity index (χ0v) is 31.6. The molecule has 0 aromatic carbocycles. The summed E-state index contributed by atoms with van der Waals surface area (Å²) in [6.45, 7) is 3.68. The van der Waals surface area contributed by atoms with Crippen LogP contribution in [0.25, 0.3) is 0 Å².